The first-order valence-corrected chi connectivity index (χ1v) is 13.4. The number of imidazole rings is 1. The van der Waals surface area contributed by atoms with E-state index in [-0.39, 0.29) is 17.7 Å². The number of nitrogens with zero attached hydrogens (tertiary/aromatic N) is 4. The van der Waals surface area contributed by atoms with E-state index in [0.717, 1.165) is 74.0 Å². The molecule has 1 aliphatic carbocycles. The molecule has 2 N–H and O–H groups in total. The van der Waals surface area contributed by atoms with Crippen LogP contribution in [-0.4, -0.2) is 37.7 Å². The third kappa shape index (κ3) is 6.56. The van der Waals surface area contributed by atoms with Crippen molar-refractivity contribution >= 4 is 17.8 Å². The highest BCUT2D eigenvalue weighted by Crippen LogP contribution is 2.28. The van der Waals surface area contributed by atoms with Gasteiger partial charge in [0.2, 0.25) is 11.9 Å². The molecule has 2 heterocycles. The number of anilines is 1. The maximum atomic E-state index is 13.2. The Hall–Kier alpha value is -4.20. The fraction of sp³-hybridized carbons (Fsp3) is 0.333. The summed E-state index contributed by atoms with van der Waals surface area (Å²) in [6.07, 6.45) is 12.8. The van der Waals surface area contributed by atoms with E-state index >= 15 is 0 Å². The standard InChI is InChI=1S/C30H34N6O2/c1-35-20-25(19-32-35)23-10-9-11-24(18-23)29(38)34-30-33-26(21-36(30)27-13-6-4-7-14-27)12-5-2-3-8-17-31-28(37)22-15-16-22/h4,6-7,9-11,13-14,18-22H,2-3,5,8,12,15-17H2,1H3,(H,31,37)(H,33,34,38). The van der Waals surface area contributed by atoms with Gasteiger partial charge < -0.3 is 5.32 Å². The Morgan fingerprint density at radius 2 is 1.76 bits per heavy atom. The third-order valence-electron chi connectivity index (χ3n) is 6.79. The van der Waals surface area contributed by atoms with Crippen molar-refractivity contribution in [1.82, 2.24) is 24.6 Å². The first-order chi connectivity index (χ1) is 18.6. The van der Waals surface area contributed by atoms with Gasteiger partial charge in [0.15, 0.2) is 0 Å². The molecule has 1 fully saturated rings. The van der Waals surface area contributed by atoms with Gasteiger partial charge in [0.05, 0.1) is 11.9 Å². The van der Waals surface area contributed by atoms with Gasteiger partial charge >= 0.3 is 0 Å². The fourth-order valence-corrected chi connectivity index (χ4v) is 4.49. The van der Waals surface area contributed by atoms with Gasteiger partial charge in [-0.1, -0.05) is 43.2 Å². The molecule has 0 aliphatic heterocycles. The van der Waals surface area contributed by atoms with Crippen molar-refractivity contribution in [2.75, 3.05) is 11.9 Å². The van der Waals surface area contributed by atoms with Gasteiger partial charge in [-0.15, -0.1) is 0 Å². The SMILES string of the molecule is Cn1cc(-c2cccc(C(=O)Nc3nc(CCCCCCNC(=O)C4CC4)cn3-c3ccccc3)c2)cn1. The molecule has 8 nitrogen and oxygen atoms in total. The number of amides is 2. The quantitative estimate of drug-likeness (QED) is 0.258. The van der Waals surface area contributed by atoms with Crippen LogP contribution in [-0.2, 0) is 18.3 Å². The van der Waals surface area contributed by atoms with Gasteiger partial charge in [0.25, 0.3) is 5.91 Å². The van der Waals surface area contributed by atoms with Crippen LogP contribution in [0.25, 0.3) is 16.8 Å². The zero-order valence-electron chi connectivity index (χ0n) is 21.8. The van der Waals surface area contributed by atoms with Crippen LogP contribution in [0.5, 0.6) is 0 Å². The number of aryl methyl sites for hydroxylation is 2. The zero-order valence-corrected chi connectivity index (χ0v) is 21.8. The molecular formula is C30H34N6O2. The molecular weight excluding hydrogens is 476 g/mol. The Labute approximate surface area is 223 Å². The van der Waals surface area contributed by atoms with Crippen LogP contribution in [0.1, 0.15) is 54.6 Å². The lowest BCUT2D eigenvalue weighted by Crippen LogP contribution is -2.25. The average molecular weight is 511 g/mol. The van der Waals surface area contributed by atoms with Crippen LogP contribution in [0.2, 0.25) is 0 Å². The van der Waals surface area contributed by atoms with Crippen molar-refractivity contribution in [2.24, 2.45) is 13.0 Å². The van der Waals surface area contributed by atoms with Crippen LogP contribution in [0, 0.1) is 5.92 Å². The van der Waals surface area contributed by atoms with E-state index in [1.165, 1.54) is 0 Å². The van der Waals surface area contributed by atoms with E-state index < -0.39 is 0 Å². The molecule has 0 atom stereocenters. The summed E-state index contributed by atoms with van der Waals surface area (Å²) >= 11 is 0. The van der Waals surface area contributed by atoms with Gasteiger partial charge in [-0.2, -0.15) is 5.10 Å². The monoisotopic (exact) mass is 510 g/mol. The Kier molecular flexibility index (Phi) is 7.97. The van der Waals surface area contributed by atoms with Crippen LogP contribution < -0.4 is 10.6 Å². The number of hydrogen-bond acceptors (Lipinski definition) is 4. The van der Waals surface area contributed by atoms with E-state index in [9.17, 15) is 9.59 Å². The summed E-state index contributed by atoms with van der Waals surface area (Å²) in [7, 11) is 1.87. The summed E-state index contributed by atoms with van der Waals surface area (Å²) in [4.78, 5) is 29.7. The molecule has 0 bridgehead atoms. The topological polar surface area (TPSA) is 93.8 Å². The first-order valence-electron chi connectivity index (χ1n) is 13.4. The molecule has 1 aliphatic rings. The minimum absolute atomic E-state index is 0.210. The fourth-order valence-electron chi connectivity index (χ4n) is 4.49. The molecule has 196 valence electrons. The van der Waals surface area contributed by atoms with E-state index in [2.05, 4.69) is 15.7 Å². The van der Waals surface area contributed by atoms with E-state index in [0.29, 0.717) is 11.5 Å². The molecule has 0 radical (unpaired) electrons. The molecule has 2 aromatic carbocycles. The highest BCUT2D eigenvalue weighted by molar-refractivity contribution is 6.04. The van der Waals surface area contributed by atoms with Crippen molar-refractivity contribution in [3.63, 3.8) is 0 Å². The second kappa shape index (κ2) is 11.9. The summed E-state index contributed by atoms with van der Waals surface area (Å²) < 4.78 is 3.68. The van der Waals surface area contributed by atoms with Gasteiger partial charge in [-0.3, -0.25) is 24.2 Å². The number of unbranched alkanes of at least 4 members (excludes halogenated alkanes) is 3. The molecule has 2 amide bonds. The molecule has 0 spiro atoms. The van der Waals surface area contributed by atoms with Crippen LogP contribution in [0.3, 0.4) is 0 Å². The first kappa shape index (κ1) is 25.4. The molecule has 0 unspecified atom stereocenters. The molecule has 38 heavy (non-hydrogen) atoms. The summed E-state index contributed by atoms with van der Waals surface area (Å²) in [5.41, 5.74) is 4.34. The third-order valence-corrected chi connectivity index (χ3v) is 6.79. The summed E-state index contributed by atoms with van der Waals surface area (Å²) in [6.45, 7) is 0.760. The van der Waals surface area contributed by atoms with Gasteiger partial charge in [0, 0.05) is 48.7 Å². The smallest absolute Gasteiger partial charge is 0.258 e. The van der Waals surface area contributed by atoms with Crippen molar-refractivity contribution in [3.05, 3.63) is 84.4 Å². The highest BCUT2D eigenvalue weighted by Gasteiger charge is 2.28. The summed E-state index contributed by atoms with van der Waals surface area (Å²) in [6, 6.07) is 17.4. The number of para-hydroxylation sites is 1. The number of rotatable bonds is 12. The second-order valence-corrected chi connectivity index (χ2v) is 9.93. The number of benzene rings is 2. The lowest BCUT2D eigenvalue weighted by atomic mass is 10.1. The lowest BCUT2D eigenvalue weighted by Gasteiger charge is -2.09. The van der Waals surface area contributed by atoms with Crippen molar-refractivity contribution in [2.45, 2.75) is 44.9 Å². The Bertz CT molecular complexity index is 1390. The predicted molar refractivity (Wildman–Crippen MR) is 148 cm³/mol. The van der Waals surface area contributed by atoms with Gasteiger partial charge in [0.1, 0.15) is 0 Å². The maximum Gasteiger partial charge on any atom is 0.258 e. The highest BCUT2D eigenvalue weighted by atomic mass is 16.2. The van der Waals surface area contributed by atoms with Gasteiger partial charge in [-0.25, -0.2) is 4.98 Å². The molecule has 4 aromatic rings. The molecule has 8 heteroatoms. The summed E-state index contributed by atoms with van der Waals surface area (Å²) in [5.74, 6) is 0.786. The Balaban J connectivity index is 1.21. The number of aromatic nitrogens is 4. The minimum Gasteiger partial charge on any atom is -0.356 e. The summed E-state index contributed by atoms with van der Waals surface area (Å²) in [5, 5.41) is 10.3. The van der Waals surface area contributed by atoms with Crippen molar-refractivity contribution in [1.29, 1.82) is 0 Å². The van der Waals surface area contributed by atoms with Crippen molar-refractivity contribution in [3.8, 4) is 16.8 Å². The minimum atomic E-state index is -0.210. The molecule has 0 saturated heterocycles. The number of carbonyl (C=O) groups is 2. The lowest BCUT2D eigenvalue weighted by molar-refractivity contribution is -0.122. The molecule has 2 aromatic heterocycles. The van der Waals surface area contributed by atoms with Crippen LogP contribution in [0.4, 0.5) is 5.95 Å². The molecule has 5 rings (SSSR count). The zero-order chi connectivity index (χ0) is 26.3. The predicted octanol–water partition coefficient (Wildman–Crippen LogP) is 5.15. The van der Waals surface area contributed by atoms with E-state index in [4.69, 9.17) is 4.98 Å². The Morgan fingerprint density at radius 3 is 2.53 bits per heavy atom. The van der Waals surface area contributed by atoms with Crippen molar-refractivity contribution < 1.29 is 9.59 Å². The van der Waals surface area contributed by atoms with E-state index in [1.807, 2.05) is 72.5 Å². The molecule has 1 saturated carbocycles. The van der Waals surface area contributed by atoms with Gasteiger partial charge in [-0.05, 0) is 61.9 Å². The Morgan fingerprint density at radius 1 is 0.947 bits per heavy atom. The second-order valence-electron chi connectivity index (χ2n) is 9.93. The number of hydrogen-bond donors (Lipinski definition) is 2. The van der Waals surface area contributed by atoms with Crippen LogP contribution in [0.15, 0.2) is 73.2 Å². The normalized spacial score (nSPS) is 12.9. The van der Waals surface area contributed by atoms with Crippen LogP contribution >= 0.6 is 0 Å². The average Bonchev–Trinajstić information content (AvgIpc) is 3.59. The maximum absolute atomic E-state index is 13.2. The number of carbonyl (C=O) groups excluding carboxylic acids is 2. The largest absolute Gasteiger partial charge is 0.356 e. The number of nitrogens with one attached hydrogen (secondary N) is 2. The van der Waals surface area contributed by atoms with E-state index in [1.54, 1.807) is 16.9 Å².